The largest absolute Gasteiger partial charge is 0.445 e. The molecule has 0 aliphatic carbocycles. The molecule has 0 unspecified atom stereocenters. The quantitative estimate of drug-likeness (QED) is 0.758. The summed E-state index contributed by atoms with van der Waals surface area (Å²) in [4.78, 5) is 11.6. The molecule has 0 spiro atoms. The molecular formula is C19H22N2O2. The molecule has 0 saturated heterocycles. The van der Waals surface area contributed by atoms with E-state index >= 15 is 0 Å². The average molecular weight is 310 g/mol. The van der Waals surface area contributed by atoms with Crippen molar-refractivity contribution in [2.45, 2.75) is 13.0 Å². The summed E-state index contributed by atoms with van der Waals surface area (Å²) >= 11 is 0. The molecule has 23 heavy (non-hydrogen) atoms. The van der Waals surface area contributed by atoms with Crippen molar-refractivity contribution in [1.29, 1.82) is 0 Å². The Morgan fingerprint density at radius 2 is 1.83 bits per heavy atom. The van der Waals surface area contributed by atoms with Gasteiger partial charge in [0.05, 0.1) is 0 Å². The highest BCUT2D eigenvalue weighted by molar-refractivity contribution is 5.67. The molecule has 0 saturated carbocycles. The number of hydrogen-bond donors (Lipinski definition) is 2. The summed E-state index contributed by atoms with van der Waals surface area (Å²) in [5.74, 6) is 0. The van der Waals surface area contributed by atoms with Gasteiger partial charge in [0.1, 0.15) is 6.61 Å². The number of carbonyl (C=O) groups is 1. The van der Waals surface area contributed by atoms with Crippen LogP contribution in [0.5, 0.6) is 0 Å². The lowest BCUT2D eigenvalue weighted by Crippen LogP contribution is -2.24. The van der Waals surface area contributed by atoms with E-state index in [0.29, 0.717) is 13.2 Å². The topological polar surface area (TPSA) is 50.4 Å². The monoisotopic (exact) mass is 310 g/mol. The lowest BCUT2D eigenvalue weighted by molar-refractivity contribution is 0.140. The molecule has 0 atom stereocenters. The van der Waals surface area contributed by atoms with Crippen molar-refractivity contribution in [1.82, 2.24) is 5.32 Å². The Labute approximate surface area is 137 Å². The number of carbonyl (C=O) groups excluding carboxylic acids is 1. The highest BCUT2D eigenvalue weighted by Crippen LogP contribution is 2.10. The van der Waals surface area contributed by atoms with Gasteiger partial charge < -0.3 is 15.4 Å². The Hall–Kier alpha value is -2.75. The summed E-state index contributed by atoms with van der Waals surface area (Å²) in [6, 6.07) is 17.8. The number of rotatable bonds is 7. The van der Waals surface area contributed by atoms with Crippen LogP contribution >= 0.6 is 0 Å². The number of anilines is 1. The maximum Gasteiger partial charge on any atom is 0.407 e. The zero-order valence-corrected chi connectivity index (χ0v) is 13.3. The van der Waals surface area contributed by atoms with Crippen LogP contribution in [0.25, 0.3) is 6.08 Å². The van der Waals surface area contributed by atoms with Crippen molar-refractivity contribution in [3.8, 4) is 0 Å². The van der Waals surface area contributed by atoms with Crippen LogP contribution in [0.15, 0.2) is 60.7 Å². The van der Waals surface area contributed by atoms with E-state index in [4.69, 9.17) is 4.74 Å². The summed E-state index contributed by atoms with van der Waals surface area (Å²) in [5.41, 5.74) is 3.20. The van der Waals surface area contributed by atoms with Gasteiger partial charge in [0.25, 0.3) is 0 Å². The van der Waals surface area contributed by atoms with E-state index in [2.05, 4.69) is 10.6 Å². The van der Waals surface area contributed by atoms with Gasteiger partial charge in [-0.2, -0.15) is 0 Å². The molecule has 0 heterocycles. The van der Waals surface area contributed by atoms with E-state index in [0.717, 1.165) is 23.2 Å². The molecule has 0 aliphatic rings. The summed E-state index contributed by atoms with van der Waals surface area (Å²) in [6.07, 6.45) is 4.44. The van der Waals surface area contributed by atoms with Gasteiger partial charge in [0.2, 0.25) is 0 Å². The van der Waals surface area contributed by atoms with Crippen molar-refractivity contribution in [2.75, 3.05) is 18.9 Å². The summed E-state index contributed by atoms with van der Waals surface area (Å²) in [6.45, 7) is 0.846. The maximum absolute atomic E-state index is 11.6. The fourth-order valence-electron chi connectivity index (χ4n) is 2.01. The van der Waals surface area contributed by atoms with Crippen molar-refractivity contribution in [3.63, 3.8) is 0 Å². The molecular weight excluding hydrogens is 288 g/mol. The Balaban J connectivity index is 1.62. The maximum atomic E-state index is 11.6. The first-order valence-corrected chi connectivity index (χ1v) is 7.67. The van der Waals surface area contributed by atoms with E-state index in [1.807, 2.05) is 73.8 Å². The molecule has 0 bridgehead atoms. The molecule has 120 valence electrons. The van der Waals surface area contributed by atoms with Gasteiger partial charge in [0.15, 0.2) is 0 Å². The summed E-state index contributed by atoms with van der Waals surface area (Å²) < 4.78 is 5.14. The second-order valence-electron chi connectivity index (χ2n) is 5.05. The standard InChI is InChI=1S/C19H22N2O2/c1-20-18-12-10-16(11-13-18)7-5-6-14-21-19(22)23-15-17-8-3-2-4-9-17/h2-5,7-13,20H,6,14-15H2,1H3,(H,21,22). The minimum absolute atomic E-state index is 0.292. The third-order valence-corrected chi connectivity index (χ3v) is 3.30. The predicted molar refractivity (Wildman–Crippen MR) is 94.3 cm³/mol. The third kappa shape index (κ3) is 6.26. The predicted octanol–water partition coefficient (Wildman–Crippen LogP) is 4.06. The van der Waals surface area contributed by atoms with Gasteiger partial charge in [-0.3, -0.25) is 0 Å². The van der Waals surface area contributed by atoms with Crippen molar-refractivity contribution in [2.24, 2.45) is 0 Å². The Morgan fingerprint density at radius 1 is 1.09 bits per heavy atom. The third-order valence-electron chi connectivity index (χ3n) is 3.30. The first kappa shape index (κ1) is 16.6. The van der Waals surface area contributed by atoms with Gasteiger partial charge in [-0.15, -0.1) is 0 Å². The molecule has 0 radical (unpaired) electrons. The molecule has 0 aliphatic heterocycles. The minimum atomic E-state index is -0.388. The molecule has 4 nitrogen and oxygen atoms in total. The number of benzene rings is 2. The fraction of sp³-hybridized carbons (Fsp3) is 0.211. The van der Waals surface area contributed by atoms with Gasteiger partial charge in [0, 0.05) is 19.3 Å². The van der Waals surface area contributed by atoms with E-state index < -0.39 is 0 Å². The minimum Gasteiger partial charge on any atom is -0.445 e. The Kier molecular flexibility index (Phi) is 6.72. The average Bonchev–Trinajstić information content (AvgIpc) is 2.61. The lowest BCUT2D eigenvalue weighted by Gasteiger charge is -2.05. The highest BCUT2D eigenvalue weighted by atomic mass is 16.5. The van der Waals surface area contributed by atoms with Crippen LogP contribution in [0.1, 0.15) is 17.5 Å². The van der Waals surface area contributed by atoms with Crippen LogP contribution in [0, 0.1) is 0 Å². The molecule has 1 amide bonds. The van der Waals surface area contributed by atoms with Crippen LogP contribution in [0.2, 0.25) is 0 Å². The summed E-state index contributed by atoms with van der Waals surface area (Å²) in [7, 11) is 1.90. The zero-order chi connectivity index (χ0) is 16.3. The van der Waals surface area contributed by atoms with Crippen LogP contribution in [0.4, 0.5) is 10.5 Å². The number of amides is 1. The Morgan fingerprint density at radius 3 is 2.52 bits per heavy atom. The van der Waals surface area contributed by atoms with Crippen molar-refractivity contribution >= 4 is 17.9 Å². The van der Waals surface area contributed by atoms with Crippen molar-refractivity contribution < 1.29 is 9.53 Å². The van der Waals surface area contributed by atoms with Gasteiger partial charge in [-0.1, -0.05) is 54.6 Å². The van der Waals surface area contributed by atoms with E-state index in [1.165, 1.54) is 0 Å². The highest BCUT2D eigenvalue weighted by Gasteiger charge is 2.00. The second-order valence-corrected chi connectivity index (χ2v) is 5.05. The van der Waals surface area contributed by atoms with E-state index in [1.54, 1.807) is 0 Å². The second kappa shape index (κ2) is 9.30. The first-order chi connectivity index (χ1) is 11.3. The van der Waals surface area contributed by atoms with Gasteiger partial charge >= 0.3 is 6.09 Å². The number of ether oxygens (including phenoxy) is 1. The first-order valence-electron chi connectivity index (χ1n) is 7.67. The van der Waals surface area contributed by atoms with Crippen LogP contribution in [0.3, 0.4) is 0 Å². The lowest BCUT2D eigenvalue weighted by atomic mass is 10.2. The smallest absolute Gasteiger partial charge is 0.407 e. The fourth-order valence-corrected chi connectivity index (χ4v) is 2.01. The molecule has 2 aromatic carbocycles. The Bertz CT molecular complexity index is 622. The van der Waals surface area contributed by atoms with Crippen LogP contribution < -0.4 is 10.6 Å². The normalized spacial score (nSPS) is 10.5. The molecule has 2 rings (SSSR count). The summed E-state index contributed by atoms with van der Waals surface area (Å²) in [5, 5.41) is 5.82. The van der Waals surface area contributed by atoms with E-state index in [9.17, 15) is 4.79 Å². The van der Waals surface area contributed by atoms with Gasteiger partial charge in [-0.05, 0) is 29.7 Å². The number of hydrogen-bond acceptors (Lipinski definition) is 3. The van der Waals surface area contributed by atoms with E-state index in [-0.39, 0.29) is 6.09 Å². The van der Waals surface area contributed by atoms with Crippen LogP contribution in [-0.4, -0.2) is 19.7 Å². The molecule has 0 fully saturated rings. The molecule has 0 aromatic heterocycles. The number of nitrogens with one attached hydrogen (secondary N) is 2. The number of alkyl carbamates (subject to hydrolysis) is 1. The van der Waals surface area contributed by atoms with Crippen LogP contribution in [-0.2, 0) is 11.3 Å². The van der Waals surface area contributed by atoms with Gasteiger partial charge in [-0.25, -0.2) is 4.79 Å². The molecule has 2 N–H and O–H groups in total. The molecule has 4 heteroatoms. The van der Waals surface area contributed by atoms with Crippen molar-refractivity contribution in [3.05, 3.63) is 71.8 Å². The SMILES string of the molecule is CNc1ccc(C=CCCNC(=O)OCc2ccccc2)cc1. The molecule has 2 aromatic rings. The zero-order valence-electron chi connectivity index (χ0n) is 13.3.